The van der Waals surface area contributed by atoms with Crippen LogP contribution in [0.15, 0.2) is 40.4 Å². The first kappa shape index (κ1) is 20.6. The van der Waals surface area contributed by atoms with Crippen LogP contribution in [0.5, 0.6) is 0 Å². The van der Waals surface area contributed by atoms with Crippen LogP contribution in [0.1, 0.15) is 12.8 Å². The Balaban J connectivity index is 1.37. The zero-order valence-electron chi connectivity index (χ0n) is 17.2. The summed E-state index contributed by atoms with van der Waals surface area (Å²) in [5.41, 5.74) is 2.05. The second-order valence-electron chi connectivity index (χ2n) is 8.03. The van der Waals surface area contributed by atoms with Crippen molar-refractivity contribution in [1.82, 2.24) is 15.0 Å². The molecule has 4 heterocycles. The Bertz CT molecular complexity index is 1150. The van der Waals surface area contributed by atoms with E-state index in [0.29, 0.717) is 6.54 Å². The highest BCUT2D eigenvalue weighted by molar-refractivity contribution is 7.93. The van der Waals surface area contributed by atoms with Gasteiger partial charge in [0.05, 0.1) is 24.5 Å². The summed E-state index contributed by atoms with van der Waals surface area (Å²) in [4.78, 5) is 17.6. The lowest BCUT2D eigenvalue weighted by atomic mass is 9.99. The maximum atomic E-state index is 12.7. The average Bonchev–Trinajstić information content (AvgIpc) is 3.35. The van der Waals surface area contributed by atoms with Crippen molar-refractivity contribution in [2.45, 2.75) is 17.2 Å². The van der Waals surface area contributed by atoms with Crippen LogP contribution in [0.2, 0.25) is 0 Å². The van der Waals surface area contributed by atoms with E-state index in [0.717, 1.165) is 68.1 Å². The summed E-state index contributed by atoms with van der Waals surface area (Å²) in [6.07, 6.45) is 4.99. The van der Waals surface area contributed by atoms with Crippen molar-refractivity contribution in [3.63, 3.8) is 0 Å². The second-order valence-corrected chi connectivity index (χ2v) is 11.1. The number of anilines is 2. The Morgan fingerprint density at radius 3 is 2.77 bits per heavy atom. The van der Waals surface area contributed by atoms with Gasteiger partial charge in [0.25, 0.3) is 0 Å². The number of hydrogen-bond donors (Lipinski definition) is 0. The van der Waals surface area contributed by atoms with Crippen molar-refractivity contribution in [3.8, 4) is 0 Å². The molecule has 1 unspecified atom stereocenters. The van der Waals surface area contributed by atoms with E-state index in [-0.39, 0.29) is 16.0 Å². The summed E-state index contributed by atoms with van der Waals surface area (Å²) >= 11 is 1.19. The topological polar surface area (TPSA) is 88.5 Å². The first-order chi connectivity index (χ1) is 15.1. The van der Waals surface area contributed by atoms with Crippen LogP contribution in [0, 0.1) is 5.92 Å². The van der Waals surface area contributed by atoms with Crippen LogP contribution in [0.25, 0.3) is 10.9 Å². The van der Waals surface area contributed by atoms with Crippen LogP contribution in [-0.4, -0.2) is 68.5 Å². The molecule has 10 heteroatoms. The minimum atomic E-state index is -3.35. The van der Waals surface area contributed by atoms with E-state index >= 15 is 0 Å². The Hall–Kier alpha value is -2.30. The molecule has 0 spiro atoms. The number of piperidine rings is 1. The standard InChI is InChI=1S/C21H25N5O3S2/c27-31(28,21-22-5-11-30-21)14-16-2-1-6-26(13-16)20-18-4-3-17(12-19(18)23-15-24-20)25-7-9-29-10-8-25/h3-5,11-12,15-16H,1-2,6-10,13-14H2. The lowest BCUT2D eigenvalue weighted by Crippen LogP contribution is -2.38. The van der Waals surface area contributed by atoms with E-state index in [1.165, 1.54) is 11.3 Å². The molecule has 164 valence electrons. The highest BCUT2D eigenvalue weighted by Crippen LogP contribution is 2.31. The van der Waals surface area contributed by atoms with Gasteiger partial charge in [-0.3, -0.25) is 0 Å². The molecule has 31 heavy (non-hydrogen) atoms. The van der Waals surface area contributed by atoms with Crippen molar-refractivity contribution < 1.29 is 13.2 Å². The molecule has 2 fully saturated rings. The predicted octanol–water partition coefficient (Wildman–Crippen LogP) is 2.61. The van der Waals surface area contributed by atoms with Gasteiger partial charge in [0.15, 0.2) is 0 Å². The van der Waals surface area contributed by atoms with Crippen LogP contribution in [0.3, 0.4) is 0 Å². The molecule has 1 atom stereocenters. The van der Waals surface area contributed by atoms with Gasteiger partial charge in [-0.15, -0.1) is 11.3 Å². The first-order valence-corrected chi connectivity index (χ1v) is 13.1. The van der Waals surface area contributed by atoms with Gasteiger partial charge in [-0.05, 0) is 37.0 Å². The number of thiazole rings is 1. The van der Waals surface area contributed by atoms with Crippen molar-refractivity contribution in [1.29, 1.82) is 0 Å². The number of hydrogen-bond acceptors (Lipinski definition) is 9. The SMILES string of the molecule is O=S(=O)(CC1CCCN(c2ncnc3cc(N4CCOCC4)ccc23)C1)c1nccs1. The predicted molar refractivity (Wildman–Crippen MR) is 122 cm³/mol. The molecule has 2 saturated heterocycles. The lowest BCUT2D eigenvalue weighted by molar-refractivity contribution is 0.122. The summed E-state index contributed by atoms with van der Waals surface area (Å²) < 4.78 is 31.1. The molecule has 0 amide bonds. The van der Waals surface area contributed by atoms with Gasteiger partial charge < -0.3 is 14.5 Å². The molecule has 2 aromatic heterocycles. The molecular weight excluding hydrogens is 434 g/mol. The Morgan fingerprint density at radius 1 is 1.10 bits per heavy atom. The van der Waals surface area contributed by atoms with Crippen molar-refractivity contribution in [2.24, 2.45) is 5.92 Å². The van der Waals surface area contributed by atoms with Crippen LogP contribution in [0.4, 0.5) is 11.5 Å². The summed E-state index contributed by atoms with van der Waals surface area (Å²) in [6.45, 7) is 4.78. The maximum Gasteiger partial charge on any atom is 0.209 e. The smallest absolute Gasteiger partial charge is 0.209 e. The summed E-state index contributed by atoms with van der Waals surface area (Å²) in [5.74, 6) is 1.07. The minimum absolute atomic E-state index is 0.0558. The van der Waals surface area contributed by atoms with Crippen molar-refractivity contribution in [2.75, 3.05) is 54.9 Å². The molecule has 5 rings (SSSR count). The van der Waals surface area contributed by atoms with Crippen LogP contribution in [-0.2, 0) is 14.6 Å². The number of nitrogens with zero attached hydrogens (tertiary/aromatic N) is 5. The van der Waals surface area contributed by atoms with Gasteiger partial charge in [0, 0.05) is 48.8 Å². The van der Waals surface area contributed by atoms with Crippen LogP contribution < -0.4 is 9.80 Å². The van der Waals surface area contributed by atoms with E-state index in [4.69, 9.17) is 4.74 Å². The largest absolute Gasteiger partial charge is 0.378 e. The number of morpholine rings is 1. The Morgan fingerprint density at radius 2 is 1.97 bits per heavy atom. The normalized spacial score (nSPS) is 20.3. The third-order valence-electron chi connectivity index (χ3n) is 5.92. The Labute approximate surface area is 185 Å². The third kappa shape index (κ3) is 4.37. The first-order valence-electron chi connectivity index (χ1n) is 10.5. The number of rotatable bonds is 5. The second kappa shape index (κ2) is 8.68. The molecule has 0 N–H and O–H groups in total. The van der Waals surface area contributed by atoms with Gasteiger partial charge >= 0.3 is 0 Å². The van der Waals surface area contributed by atoms with Crippen LogP contribution >= 0.6 is 11.3 Å². The van der Waals surface area contributed by atoms with E-state index in [9.17, 15) is 8.42 Å². The van der Waals surface area contributed by atoms with Gasteiger partial charge in [0.2, 0.25) is 14.2 Å². The molecular formula is C21H25N5O3S2. The lowest BCUT2D eigenvalue weighted by Gasteiger charge is -2.34. The molecule has 2 aliphatic heterocycles. The van der Waals surface area contributed by atoms with E-state index in [1.54, 1.807) is 17.9 Å². The van der Waals surface area contributed by atoms with Gasteiger partial charge in [-0.1, -0.05) is 0 Å². The van der Waals surface area contributed by atoms with E-state index < -0.39 is 9.84 Å². The summed E-state index contributed by atoms with van der Waals surface area (Å²) in [5, 5.41) is 2.71. The summed E-state index contributed by atoms with van der Waals surface area (Å²) in [7, 11) is -3.35. The molecule has 0 aliphatic carbocycles. The summed E-state index contributed by atoms with van der Waals surface area (Å²) in [6, 6.07) is 6.32. The number of fused-ring (bicyclic) bond motifs is 1. The maximum absolute atomic E-state index is 12.7. The average molecular weight is 460 g/mol. The molecule has 1 aromatic carbocycles. The fourth-order valence-electron chi connectivity index (χ4n) is 4.44. The minimum Gasteiger partial charge on any atom is -0.378 e. The molecule has 8 nitrogen and oxygen atoms in total. The Kier molecular flexibility index (Phi) is 5.77. The highest BCUT2D eigenvalue weighted by Gasteiger charge is 2.29. The number of benzene rings is 1. The quantitative estimate of drug-likeness (QED) is 0.575. The molecule has 2 aliphatic rings. The van der Waals surface area contributed by atoms with Gasteiger partial charge in [0.1, 0.15) is 12.1 Å². The van der Waals surface area contributed by atoms with E-state index in [1.807, 2.05) is 0 Å². The van der Waals surface area contributed by atoms with Crippen molar-refractivity contribution >= 4 is 43.6 Å². The molecule has 3 aromatic rings. The number of sulfone groups is 1. The fraction of sp³-hybridized carbons (Fsp3) is 0.476. The van der Waals surface area contributed by atoms with E-state index in [2.05, 4.69) is 43.0 Å². The number of aromatic nitrogens is 3. The molecule has 0 radical (unpaired) electrons. The molecule has 0 bridgehead atoms. The highest BCUT2D eigenvalue weighted by atomic mass is 32.2. The zero-order valence-corrected chi connectivity index (χ0v) is 18.8. The van der Waals surface area contributed by atoms with Gasteiger partial charge in [-0.2, -0.15) is 0 Å². The zero-order chi connectivity index (χ0) is 21.3. The monoisotopic (exact) mass is 459 g/mol. The fourth-order valence-corrected chi connectivity index (χ4v) is 7.01. The number of ether oxygens (including phenoxy) is 1. The molecule has 0 saturated carbocycles. The van der Waals surface area contributed by atoms with Crippen molar-refractivity contribution in [3.05, 3.63) is 36.1 Å². The van der Waals surface area contributed by atoms with Gasteiger partial charge in [-0.25, -0.2) is 23.4 Å². The third-order valence-corrected chi connectivity index (χ3v) is 9.09.